The van der Waals surface area contributed by atoms with Gasteiger partial charge >= 0.3 is 0 Å². The number of aromatic hydroxyl groups is 1. The molecule has 2 atom stereocenters. The number of phenols is 1. The summed E-state index contributed by atoms with van der Waals surface area (Å²) in [6.07, 6.45) is 1.04. The Hall–Kier alpha value is -1.84. The Morgan fingerprint density at radius 1 is 1.00 bits per heavy atom. The largest absolute Gasteiger partial charge is 0.508 e. The van der Waals surface area contributed by atoms with Gasteiger partial charge in [0.25, 0.3) is 0 Å². The van der Waals surface area contributed by atoms with E-state index in [1.54, 1.807) is 12.1 Å². The van der Waals surface area contributed by atoms with Gasteiger partial charge < -0.3 is 15.2 Å². The van der Waals surface area contributed by atoms with Gasteiger partial charge in [0.2, 0.25) is 0 Å². The van der Waals surface area contributed by atoms with E-state index in [1.807, 2.05) is 18.2 Å². The first kappa shape index (κ1) is 13.2. The van der Waals surface area contributed by atoms with Gasteiger partial charge in [0, 0.05) is 12.6 Å². The zero-order chi connectivity index (χ0) is 13.8. The molecule has 1 aliphatic heterocycles. The molecule has 1 fully saturated rings. The minimum atomic E-state index is 0.128. The molecule has 1 aliphatic rings. The van der Waals surface area contributed by atoms with Crippen LogP contribution in [0.1, 0.15) is 23.6 Å². The first-order valence-electron chi connectivity index (χ1n) is 7.00. The van der Waals surface area contributed by atoms with Crippen molar-refractivity contribution in [3.8, 4) is 5.75 Å². The molecule has 3 nitrogen and oxygen atoms in total. The highest BCUT2D eigenvalue weighted by molar-refractivity contribution is 5.35. The van der Waals surface area contributed by atoms with E-state index in [-0.39, 0.29) is 6.04 Å². The molecule has 2 aromatic carbocycles. The first-order chi connectivity index (χ1) is 9.83. The Bertz CT molecular complexity index is 533. The van der Waals surface area contributed by atoms with Crippen molar-refractivity contribution >= 4 is 0 Å². The minimum absolute atomic E-state index is 0.128. The van der Waals surface area contributed by atoms with E-state index in [1.165, 1.54) is 5.56 Å². The van der Waals surface area contributed by atoms with E-state index >= 15 is 0 Å². The van der Waals surface area contributed by atoms with Crippen LogP contribution < -0.4 is 5.32 Å². The smallest absolute Gasteiger partial charge is 0.115 e. The van der Waals surface area contributed by atoms with Crippen LogP contribution in [0.25, 0.3) is 0 Å². The van der Waals surface area contributed by atoms with E-state index in [0.717, 1.165) is 25.2 Å². The monoisotopic (exact) mass is 269 g/mol. The van der Waals surface area contributed by atoms with Crippen molar-refractivity contribution in [3.05, 3.63) is 65.7 Å². The maximum absolute atomic E-state index is 9.45. The summed E-state index contributed by atoms with van der Waals surface area (Å²) in [6, 6.07) is 18.3. The predicted molar refractivity (Wildman–Crippen MR) is 78.8 cm³/mol. The second-order valence-corrected chi connectivity index (χ2v) is 5.16. The molecule has 2 aromatic rings. The maximum atomic E-state index is 9.45. The van der Waals surface area contributed by atoms with E-state index < -0.39 is 0 Å². The summed E-state index contributed by atoms with van der Waals surface area (Å²) in [5, 5.41) is 13.1. The third-order valence-corrected chi connectivity index (χ3v) is 3.69. The maximum Gasteiger partial charge on any atom is 0.115 e. The summed E-state index contributed by atoms with van der Waals surface area (Å²) in [7, 11) is 0. The number of benzene rings is 2. The van der Waals surface area contributed by atoms with Crippen LogP contribution in [-0.2, 0) is 4.74 Å². The second kappa shape index (κ2) is 6.07. The van der Waals surface area contributed by atoms with Gasteiger partial charge in [-0.1, -0.05) is 42.5 Å². The molecule has 0 radical (unpaired) electrons. The Morgan fingerprint density at radius 3 is 2.35 bits per heavy atom. The van der Waals surface area contributed by atoms with Crippen LogP contribution in [-0.4, -0.2) is 24.4 Å². The molecular formula is C17H19NO2. The van der Waals surface area contributed by atoms with Crippen LogP contribution in [0.4, 0.5) is 0 Å². The van der Waals surface area contributed by atoms with Crippen LogP contribution in [0.5, 0.6) is 5.75 Å². The van der Waals surface area contributed by atoms with Gasteiger partial charge in [-0.3, -0.25) is 0 Å². The average Bonchev–Trinajstić information content (AvgIpc) is 3.00. The lowest BCUT2D eigenvalue weighted by atomic mass is 9.97. The number of nitrogens with one attached hydrogen (secondary N) is 1. The van der Waals surface area contributed by atoms with E-state index in [4.69, 9.17) is 4.74 Å². The molecular weight excluding hydrogens is 250 g/mol. The van der Waals surface area contributed by atoms with Crippen molar-refractivity contribution in [3.63, 3.8) is 0 Å². The lowest BCUT2D eigenvalue weighted by Crippen LogP contribution is -2.33. The zero-order valence-electron chi connectivity index (χ0n) is 11.3. The van der Waals surface area contributed by atoms with E-state index in [2.05, 4.69) is 29.6 Å². The lowest BCUT2D eigenvalue weighted by Gasteiger charge is -2.23. The molecule has 0 aliphatic carbocycles. The second-order valence-electron chi connectivity index (χ2n) is 5.16. The average molecular weight is 269 g/mol. The summed E-state index contributed by atoms with van der Waals surface area (Å²) < 4.78 is 5.45. The standard InChI is InChI=1S/C17H19NO2/c19-16-8-6-14(7-9-16)17(13-4-2-1-3-5-13)18-15-10-11-20-12-15/h1-9,15,17-19H,10-12H2. The quantitative estimate of drug-likeness (QED) is 0.896. The molecule has 0 spiro atoms. The number of ether oxygens (including phenoxy) is 1. The molecule has 0 aromatic heterocycles. The Labute approximate surface area is 119 Å². The highest BCUT2D eigenvalue weighted by Gasteiger charge is 2.21. The third kappa shape index (κ3) is 3.00. The summed E-state index contributed by atoms with van der Waals surface area (Å²) in [5.74, 6) is 0.296. The van der Waals surface area contributed by atoms with Crippen molar-refractivity contribution in [2.45, 2.75) is 18.5 Å². The number of rotatable bonds is 4. The Morgan fingerprint density at radius 2 is 1.70 bits per heavy atom. The number of phenolic OH excluding ortho intramolecular Hbond substituents is 1. The summed E-state index contributed by atoms with van der Waals surface area (Å²) >= 11 is 0. The number of hydrogen-bond acceptors (Lipinski definition) is 3. The molecule has 3 heteroatoms. The molecule has 2 unspecified atom stereocenters. The van der Waals surface area contributed by atoms with Gasteiger partial charge in [0.05, 0.1) is 12.6 Å². The van der Waals surface area contributed by atoms with Crippen molar-refractivity contribution in [2.75, 3.05) is 13.2 Å². The first-order valence-corrected chi connectivity index (χ1v) is 7.00. The molecule has 2 N–H and O–H groups in total. The Balaban J connectivity index is 1.88. The molecule has 20 heavy (non-hydrogen) atoms. The SMILES string of the molecule is Oc1ccc(C(NC2CCOC2)c2ccccc2)cc1. The predicted octanol–water partition coefficient (Wildman–Crippen LogP) is 2.86. The third-order valence-electron chi connectivity index (χ3n) is 3.69. The molecule has 0 amide bonds. The summed E-state index contributed by atoms with van der Waals surface area (Å²) in [6.45, 7) is 1.59. The van der Waals surface area contributed by atoms with Crippen molar-refractivity contribution in [2.24, 2.45) is 0 Å². The van der Waals surface area contributed by atoms with Crippen LogP contribution in [0.2, 0.25) is 0 Å². The van der Waals surface area contributed by atoms with Gasteiger partial charge in [-0.2, -0.15) is 0 Å². The fourth-order valence-electron chi connectivity index (χ4n) is 2.60. The van der Waals surface area contributed by atoms with Crippen LogP contribution >= 0.6 is 0 Å². The minimum Gasteiger partial charge on any atom is -0.508 e. The van der Waals surface area contributed by atoms with Crippen LogP contribution in [0.3, 0.4) is 0 Å². The van der Waals surface area contributed by atoms with Gasteiger partial charge in [-0.25, -0.2) is 0 Å². The molecule has 3 rings (SSSR count). The molecule has 1 saturated heterocycles. The normalized spacial score (nSPS) is 19.9. The fraction of sp³-hybridized carbons (Fsp3) is 0.294. The van der Waals surface area contributed by atoms with E-state index in [0.29, 0.717) is 11.8 Å². The van der Waals surface area contributed by atoms with Gasteiger partial charge in [0.15, 0.2) is 0 Å². The summed E-state index contributed by atoms with van der Waals surface area (Å²) in [4.78, 5) is 0. The molecule has 0 saturated carbocycles. The van der Waals surface area contributed by atoms with Crippen molar-refractivity contribution in [1.29, 1.82) is 0 Å². The van der Waals surface area contributed by atoms with Crippen molar-refractivity contribution < 1.29 is 9.84 Å². The highest BCUT2D eigenvalue weighted by Crippen LogP contribution is 2.25. The van der Waals surface area contributed by atoms with Crippen LogP contribution in [0, 0.1) is 0 Å². The Kier molecular flexibility index (Phi) is 4.00. The topological polar surface area (TPSA) is 41.5 Å². The fourth-order valence-corrected chi connectivity index (χ4v) is 2.60. The van der Waals surface area contributed by atoms with Gasteiger partial charge in [-0.15, -0.1) is 0 Å². The van der Waals surface area contributed by atoms with E-state index in [9.17, 15) is 5.11 Å². The van der Waals surface area contributed by atoms with Crippen molar-refractivity contribution in [1.82, 2.24) is 5.32 Å². The summed E-state index contributed by atoms with van der Waals surface area (Å²) in [5.41, 5.74) is 2.38. The number of hydrogen-bond donors (Lipinski definition) is 2. The molecule has 104 valence electrons. The lowest BCUT2D eigenvalue weighted by molar-refractivity contribution is 0.189. The highest BCUT2D eigenvalue weighted by atomic mass is 16.5. The van der Waals surface area contributed by atoms with Gasteiger partial charge in [0.1, 0.15) is 5.75 Å². The molecule has 0 bridgehead atoms. The van der Waals surface area contributed by atoms with Crippen LogP contribution in [0.15, 0.2) is 54.6 Å². The molecule has 1 heterocycles. The van der Waals surface area contributed by atoms with Gasteiger partial charge in [-0.05, 0) is 29.7 Å². The zero-order valence-corrected chi connectivity index (χ0v) is 11.3.